The van der Waals surface area contributed by atoms with Gasteiger partial charge in [-0.2, -0.15) is 0 Å². The van der Waals surface area contributed by atoms with Crippen LogP contribution in [0.15, 0.2) is 6.07 Å². The van der Waals surface area contributed by atoms with Crippen molar-refractivity contribution in [2.24, 2.45) is 5.92 Å². The minimum atomic E-state index is 0.306. The molecule has 0 radical (unpaired) electrons. The average Bonchev–Trinajstić information content (AvgIpc) is 2.92. The quantitative estimate of drug-likeness (QED) is 0.825. The van der Waals surface area contributed by atoms with Crippen LogP contribution in [0.5, 0.6) is 0 Å². The largest absolute Gasteiger partial charge is 0.310 e. The molecule has 1 aromatic heterocycles. The van der Waals surface area contributed by atoms with E-state index in [2.05, 4.69) is 12.2 Å². The fraction of sp³-hybridized carbons (Fsp3) is 0.636. The van der Waals surface area contributed by atoms with Gasteiger partial charge in [-0.1, -0.05) is 36.0 Å². The summed E-state index contributed by atoms with van der Waals surface area (Å²) in [6.07, 6.45) is 4.13. The van der Waals surface area contributed by atoms with Crippen LogP contribution in [0.25, 0.3) is 0 Å². The Bertz CT molecular complexity index is 333. The van der Waals surface area contributed by atoms with Crippen molar-refractivity contribution in [3.63, 3.8) is 0 Å². The van der Waals surface area contributed by atoms with E-state index in [4.69, 9.17) is 23.2 Å². The van der Waals surface area contributed by atoms with Crippen molar-refractivity contribution in [1.82, 2.24) is 5.32 Å². The van der Waals surface area contributed by atoms with Gasteiger partial charge in [-0.05, 0) is 37.4 Å². The molecule has 2 rings (SSSR count). The molecule has 1 N–H and O–H groups in total. The lowest BCUT2D eigenvalue weighted by Gasteiger charge is -2.12. The van der Waals surface area contributed by atoms with Gasteiger partial charge in [-0.25, -0.2) is 0 Å². The maximum absolute atomic E-state index is 6.09. The second-order valence-corrected chi connectivity index (χ2v) is 6.47. The van der Waals surface area contributed by atoms with Gasteiger partial charge in [-0.3, -0.25) is 0 Å². The maximum atomic E-state index is 6.09. The SMILES string of the molecule is CC(NCCC1CC1)c1cc(Cl)sc1Cl. The molecule has 0 amide bonds. The zero-order chi connectivity index (χ0) is 10.8. The van der Waals surface area contributed by atoms with E-state index in [1.54, 1.807) is 0 Å². The third-order valence-corrected chi connectivity index (χ3v) is 4.37. The first-order valence-corrected chi connectivity index (χ1v) is 6.92. The molecule has 1 aliphatic rings. The van der Waals surface area contributed by atoms with E-state index in [0.29, 0.717) is 6.04 Å². The molecule has 0 aromatic carbocycles. The zero-order valence-electron chi connectivity index (χ0n) is 8.72. The molecule has 1 atom stereocenters. The molecule has 1 nitrogen and oxygen atoms in total. The molecular weight excluding hydrogens is 249 g/mol. The summed E-state index contributed by atoms with van der Waals surface area (Å²) in [5, 5.41) is 3.49. The topological polar surface area (TPSA) is 12.0 Å². The molecule has 1 heterocycles. The highest BCUT2D eigenvalue weighted by molar-refractivity contribution is 7.20. The van der Waals surface area contributed by atoms with Crippen LogP contribution in [-0.2, 0) is 0 Å². The smallest absolute Gasteiger partial charge is 0.0991 e. The number of hydrogen-bond donors (Lipinski definition) is 1. The third-order valence-electron chi connectivity index (χ3n) is 2.85. The molecule has 84 valence electrons. The second-order valence-electron chi connectivity index (χ2n) is 4.19. The second kappa shape index (κ2) is 5.05. The highest BCUT2D eigenvalue weighted by Crippen LogP contribution is 2.35. The first kappa shape index (κ1) is 11.7. The van der Waals surface area contributed by atoms with Crippen molar-refractivity contribution in [3.05, 3.63) is 20.3 Å². The molecule has 4 heteroatoms. The van der Waals surface area contributed by atoms with Gasteiger partial charge in [-0.15, -0.1) is 11.3 Å². The van der Waals surface area contributed by atoms with E-state index in [1.807, 2.05) is 6.07 Å². The lowest BCUT2D eigenvalue weighted by molar-refractivity contribution is 0.541. The summed E-state index contributed by atoms with van der Waals surface area (Å²) in [4.78, 5) is 0. The fourth-order valence-corrected chi connectivity index (χ4v) is 3.31. The van der Waals surface area contributed by atoms with Crippen molar-refractivity contribution in [2.45, 2.75) is 32.2 Å². The van der Waals surface area contributed by atoms with Crippen LogP contribution in [-0.4, -0.2) is 6.54 Å². The Morgan fingerprint density at radius 2 is 2.27 bits per heavy atom. The molecule has 0 aliphatic heterocycles. The molecule has 1 fully saturated rings. The van der Waals surface area contributed by atoms with Crippen molar-refractivity contribution < 1.29 is 0 Å². The lowest BCUT2D eigenvalue weighted by Crippen LogP contribution is -2.19. The minimum Gasteiger partial charge on any atom is -0.310 e. The summed E-state index contributed by atoms with van der Waals surface area (Å²) in [6, 6.07) is 2.27. The Morgan fingerprint density at radius 1 is 1.53 bits per heavy atom. The fourth-order valence-electron chi connectivity index (χ4n) is 1.67. The summed E-state index contributed by atoms with van der Waals surface area (Å²) >= 11 is 13.4. The normalized spacial score (nSPS) is 18.1. The van der Waals surface area contributed by atoms with E-state index in [-0.39, 0.29) is 0 Å². The van der Waals surface area contributed by atoms with Gasteiger partial charge in [0.15, 0.2) is 0 Å². The van der Waals surface area contributed by atoms with E-state index in [9.17, 15) is 0 Å². The standard InChI is InChI=1S/C11H15Cl2NS/c1-7(14-5-4-8-2-3-8)9-6-10(12)15-11(9)13/h6-8,14H,2-5H2,1H3. The summed E-state index contributed by atoms with van der Waals surface area (Å²) in [6.45, 7) is 3.22. The van der Waals surface area contributed by atoms with Crippen LogP contribution in [0.2, 0.25) is 8.67 Å². The Hall–Kier alpha value is 0.240. The highest BCUT2D eigenvalue weighted by Gasteiger charge is 2.21. The molecule has 0 saturated heterocycles. The molecule has 1 aliphatic carbocycles. The zero-order valence-corrected chi connectivity index (χ0v) is 11.1. The number of rotatable bonds is 5. The van der Waals surface area contributed by atoms with Crippen molar-refractivity contribution in [2.75, 3.05) is 6.54 Å². The molecule has 1 unspecified atom stereocenters. The van der Waals surface area contributed by atoms with Gasteiger partial charge in [0.05, 0.1) is 8.67 Å². The number of nitrogens with one attached hydrogen (secondary N) is 1. The first-order chi connectivity index (χ1) is 7.16. The number of hydrogen-bond acceptors (Lipinski definition) is 2. The van der Waals surface area contributed by atoms with Crippen molar-refractivity contribution >= 4 is 34.5 Å². The highest BCUT2D eigenvalue weighted by atomic mass is 35.5. The van der Waals surface area contributed by atoms with Gasteiger partial charge in [0.2, 0.25) is 0 Å². The Morgan fingerprint density at radius 3 is 2.80 bits per heavy atom. The maximum Gasteiger partial charge on any atom is 0.0991 e. The minimum absolute atomic E-state index is 0.306. The van der Waals surface area contributed by atoms with Crippen LogP contribution < -0.4 is 5.32 Å². The molecular formula is C11H15Cl2NS. The average molecular weight is 264 g/mol. The number of halogens is 2. The molecule has 1 aromatic rings. The predicted molar refractivity (Wildman–Crippen MR) is 68.1 cm³/mol. The van der Waals surface area contributed by atoms with Gasteiger partial charge in [0, 0.05) is 6.04 Å². The summed E-state index contributed by atoms with van der Waals surface area (Å²) in [7, 11) is 0. The van der Waals surface area contributed by atoms with Crippen LogP contribution >= 0.6 is 34.5 Å². The van der Waals surface area contributed by atoms with E-state index in [0.717, 1.165) is 26.7 Å². The van der Waals surface area contributed by atoms with Crippen LogP contribution in [0.4, 0.5) is 0 Å². The monoisotopic (exact) mass is 263 g/mol. The Kier molecular flexibility index (Phi) is 3.94. The summed E-state index contributed by atoms with van der Waals surface area (Å²) < 4.78 is 1.58. The molecule has 0 spiro atoms. The molecule has 0 bridgehead atoms. The van der Waals surface area contributed by atoms with Crippen LogP contribution in [0.3, 0.4) is 0 Å². The van der Waals surface area contributed by atoms with Crippen LogP contribution in [0, 0.1) is 5.92 Å². The third kappa shape index (κ3) is 3.35. The van der Waals surface area contributed by atoms with Gasteiger partial charge < -0.3 is 5.32 Å². The van der Waals surface area contributed by atoms with E-state index >= 15 is 0 Å². The van der Waals surface area contributed by atoms with Gasteiger partial charge in [0.25, 0.3) is 0 Å². The predicted octanol–water partition coefficient (Wildman–Crippen LogP) is 4.51. The van der Waals surface area contributed by atoms with Gasteiger partial charge in [0.1, 0.15) is 0 Å². The van der Waals surface area contributed by atoms with Crippen molar-refractivity contribution in [1.29, 1.82) is 0 Å². The Labute approximate surface area is 105 Å². The van der Waals surface area contributed by atoms with E-state index in [1.165, 1.54) is 30.6 Å². The first-order valence-electron chi connectivity index (χ1n) is 5.35. The van der Waals surface area contributed by atoms with E-state index < -0.39 is 0 Å². The summed E-state index contributed by atoms with van der Waals surface area (Å²) in [5.74, 6) is 0.978. The van der Waals surface area contributed by atoms with Gasteiger partial charge >= 0.3 is 0 Å². The summed E-state index contributed by atoms with van der Waals surface area (Å²) in [5.41, 5.74) is 1.13. The van der Waals surface area contributed by atoms with Crippen LogP contribution in [0.1, 0.15) is 37.8 Å². The lowest BCUT2D eigenvalue weighted by atomic mass is 10.2. The Balaban J connectivity index is 1.83. The molecule has 1 saturated carbocycles. The number of thiophene rings is 1. The molecule has 15 heavy (non-hydrogen) atoms. The van der Waals surface area contributed by atoms with Crippen molar-refractivity contribution in [3.8, 4) is 0 Å².